The molecule has 1 aromatic carbocycles. The average Bonchev–Trinajstić information content (AvgIpc) is 2.80. The van der Waals surface area contributed by atoms with Crippen LogP contribution in [0.15, 0.2) is 23.1 Å². The molecule has 0 saturated carbocycles. The molecule has 0 unspecified atom stereocenters. The van der Waals surface area contributed by atoms with Crippen molar-refractivity contribution < 1.29 is 31.9 Å². The fourth-order valence-electron chi connectivity index (χ4n) is 3.51. The van der Waals surface area contributed by atoms with E-state index in [1.54, 1.807) is 0 Å². The molecule has 2 N–H and O–H groups in total. The highest BCUT2D eigenvalue weighted by molar-refractivity contribution is 7.89. The first kappa shape index (κ1) is 24.5. The summed E-state index contributed by atoms with van der Waals surface area (Å²) in [7, 11) is -3.97. The van der Waals surface area contributed by atoms with Crippen LogP contribution >= 0.6 is 0 Å². The Morgan fingerprint density at radius 2 is 1.84 bits per heavy atom. The minimum atomic E-state index is -3.97. The molecule has 178 valence electrons. The second kappa shape index (κ2) is 11.1. The highest BCUT2D eigenvalue weighted by atomic mass is 32.2. The molecule has 0 aromatic heterocycles. The van der Waals surface area contributed by atoms with Gasteiger partial charge in [-0.2, -0.15) is 4.31 Å². The maximum atomic E-state index is 13.6. The number of carbonyl (C=O) groups is 2. The lowest BCUT2D eigenvalue weighted by molar-refractivity contribution is -0.140. The van der Waals surface area contributed by atoms with Crippen LogP contribution in [0.25, 0.3) is 0 Å². The van der Waals surface area contributed by atoms with E-state index < -0.39 is 33.9 Å². The molecule has 10 nitrogen and oxygen atoms in total. The second-order valence-corrected chi connectivity index (χ2v) is 9.52. The number of nitrogens with zero attached hydrogens (tertiary/aromatic N) is 2. The van der Waals surface area contributed by atoms with Gasteiger partial charge < -0.3 is 20.1 Å². The molecule has 1 aromatic rings. The number of carbonyl (C=O) groups excluding carboxylic acids is 2. The SMILES string of the molecule is Cc1cc(S(=O)(=O)N2CCCO[C@H]2CNC(=O)C(=O)NCCN2CCOCC2)ccc1F. The number of benzene rings is 1. The van der Waals surface area contributed by atoms with Crippen LogP contribution in [0.2, 0.25) is 0 Å². The van der Waals surface area contributed by atoms with Gasteiger partial charge in [-0.25, -0.2) is 12.8 Å². The van der Waals surface area contributed by atoms with Crippen molar-refractivity contribution in [3.05, 3.63) is 29.6 Å². The molecule has 2 aliphatic heterocycles. The standard InChI is InChI=1S/C20H29FN4O6S/c1-15-13-16(3-4-17(15)21)32(28,29)25-6-2-10-31-18(25)14-23-20(27)19(26)22-5-7-24-8-11-30-12-9-24/h3-4,13,18H,2,5-12,14H2,1H3,(H,22,26)(H,23,27)/t18-/m0/s1. The van der Waals surface area contributed by atoms with Crippen molar-refractivity contribution in [3.63, 3.8) is 0 Å². The van der Waals surface area contributed by atoms with Crippen LogP contribution < -0.4 is 10.6 Å². The molecule has 3 rings (SSSR count). The molecule has 2 fully saturated rings. The van der Waals surface area contributed by atoms with Gasteiger partial charge in [0, 0.05) is 32.7 Å². The summed E-state index contributed by atoms with van der Waals surface area (Å²) < 4.78 is 51.6. The van der Waals surface area contributed by atoms with Crippen molar-refractivity contribution in [2.24, 2.45) is 0 Å². The van der Waals surface area contributed by atoms with Crippen molar-refractivity contribution in [2.45, 2.75) is 24.5 Å². The van der Waals surface area contributed by atoms with Crippen LogP contribution in [0.5, 0.6) is 0 Å². The van der Waals surface area contributed by atoms with E-state index in [1.807, 2.05) is 0 Å². The summed E-state index contributed by atoms with van der Waals surface area (Å²) in [6, 6.07) is 3.56. The Bertz CT molecular complexity index is 923. The number of morpholine rings is 1. The van der Waals surface area contributed by atoms with Gasteiger partial charge in [-0.1, -0.05) is 0 Å². The van der Waals surface area contributed by atoms with Gasteiger partial charge in [0.25, 0.3) is 0 Å². The van der Waals surface area contributed by atoms with Crippen LogP contribution in [-0.2, 0) is 29.1 Å². The minimum absolute atomic E-state index is 0.0564. The lowest BCUT2D eigenvalue weighted by Crippen LogP contribution is -2.53. The highest BCUT2D eigenvalue weighted by Gasteiger charge is 2.35. The maximum Gasteiger partial charge on any atom is 0.309 e. The average molecular weight is 473 g/mol. The molecule has 12 heteroatoms. The van der Waals surface area contributed by atoms with E-state index in [0.717, 1.165) is 23.5 Å². The number of amides is 2. The van der Waals surface area contributed by atoms with E-state index >= 15 is 0 Å². The van der Waals surface area contributed by atoms with Crippen LogP contribution in [0.1, 0.15) is 12.0 Å². The summed E-state index contributed by atoms with van der Waals surface area (Å²) in [5, 5.41) is 4.99. The van der Waals surface area contributed by atoms with Gasteiger partial charge in [0.2, 0.25) is 10.0 Å². The topological polar surface area (TPSA) is 117 Å². The highest BCUT2D eigenvalue weighted by Crippen LogP contribution is 2.23. The molecule has 2 amide bonds. The second-order valence-electron chi connectivity index (χ2n) is 7.63. The lowest BCUT2D eigenvalue weighted by Gasteiger charge is -2.34. The first-order valence-electron chi connectivity index (χ1n) is 10.5. The van der Waals surface area contributed by atoms with Crippen molar-refractivity contribution >= 4 is 21.8 Å². The molecule has 0 aliphatic carbocycles. The number of hydrogen-bond donors (Lipinski definition) is 2. The normalized spacial score (nSPS) is 20.6. The van der Waals surface area contributed by atoms with E-state index in [2.05, 4.69) is 15.5 Å². The first-order valence-corrected chi connectivity index (χ1v) is 12.0. The van der Waals surface area contributed by atoms with Gasteiger partial charge in [0.15, 0.2) is 0 Å². The number of nitrogens with one attached hydrogen (secondary N) is 2. The monoisotopic (exact) mass is 472 g/mol. The molecule has 2 aliphatic rings. The molecular formula is C20H29FN4O6S. The van der Waals surface area contributed by atoms with Crippen molar-refractivity contribution in [3.8, 4) is 0 Å². The quantitative estimate of drug-likeness (QED) is 0.511. The summed E-state index contributed by atoms with van der Waals surface area (Å²) in [5.74, 6) is -2.16. The third-order valence-electron chi connectivity index (χ3n) is 5.35. The molecule has 0 spiro atoms. The molecule has 0 bridgehead atoms. The molecule has 2 saturated heterocycles. The predicted molar refractivity (Wildman–Crippen MR) is 113 cm³/mol. The predicted octanol–water partition coefficient (Wildman–Crippen LogP) is -0.564. The summed E-state index contributed by atoms with van der Waals surface area (Å²) in [4.78, 5) is 26.3. The molecule has 2 heterocycles. The summed E-state index contributed by atoms with van der Waals surface area (Å²) in [5.41, 5.74) is 0.211. The third kappa shape index (κ3) is 6.23. The van der Waals surface area contributed by atoms with Gasteiger partial charge >= 0.3 is 11.8 Å². The number of halogens is 1. The number of sulfonamides is 1. The number of ether oxygens (including phenoxy) is 2. The van der Waals surface area contributed by atoms with Gasteiger partial charge in [-0.3, -0.25) is 14.5 Å². The number of rotatable bonds is 7. The van der Waals surface area contributed by atoms with E-state index in [1.165, 1.54) is 19.1 Å². The van der Waals surface area contributed by atoms with Crippen molar-refractivity contribution in [1.29, 1.82) is 0 Å². The van der Waals surface area contributed by atoms with E-state index in [4.69, 9.17) is 9.47 Å². The minimum Gasteiger partial charge on any atom is -0.379 e. The van der Waals surface area contributed by atoms with E-state index in [9.17, 15) is 22.4 Å². The first-order chi connectivity index (χ1) is 15.3. The Labute approximate surface area is 187 Å². The van der Waals surface area contributed by atoms with Crippen molar-refractivity contribution in [2.75, 3.05) is 59.1 Å². The fourth-order valence-corrected chi connectivity index (χ4v) is 5.16. The maximum absolute atomic E-state index is 13.6. The van der Waals surface area contributed by atoms with E-state index in [-0.39, 0.29) is 23.5 Å². The number of aryl methyl sites for hydroxylation is 1. The zero-order valence-electron chi connectivity index (χ0n) is 18.0. The summed E-state index contributed by atoms with van der Waals surface area (Å²) in [6.07, 6.45) is -0.490. The summed E-state index contributed by atoms with van der Waals surface area (Å²) in [6.45, 7) is 5.57. The molecule has 0 radical (unpaired) electrons. The molecule has 1 atom stereocenters. The largest absolute Gasteiger partial charge is 0.379 e. The fraction of sp³-hybridized carbons (Fsp3) is 0.600. The molecule has 32 heavy (non-hydrogen) atoms. The summed E-state index contributed by atoms with van der Waals surface area (Å²) >= 11 is 0. The Morgan fingerprint density at radius 1 is 1.12 bits per heavy atom. The Morgan fingerprint density at radius 3 is 2.56 bits per heavy atom. The van der Waals surface area contributed by atoms with Gasteiger partial charge in [0.1, 0.15) is 12.0 Å². The zero-order valence-corrected chi connectivity index (χ0v) is 18.8. The van der Waals surface area contributed by atoms with Gasteiger partial charge in [-0.15, -0.1) is 0 Å². The van der Waals surface area contributed by atoms with Crippen LogP contribution in [0, 0.1) is 12.7 Å². The third-order valence-corrected chi connectivity index (χ3v) is 7.24. The van der Waals surface area contributed by atoms with Gasteiger partial charge in [0.05, 0.1) is 31.3 Å². The van der Waals surface area contributed by atoms with Crippen LogP contribution in [-0.4, -0.2) is 94.8 Å². The number of hydrogen-bond acceptors (Lipinski definition) is 7. The lowest BCUT2D eigenvalue weighted by atomic mass is 10.2. The van der Waals surface area contributed by atoms with Crippen LogP contribution in [0.3, 0.4) is 0 Å². The van der Waals surface area contributed by atoms with Gasteiger partial charge in [-0.05, 0) is 37.1 Å². The smallest absolute Gasteiger partial charge is 0.309 e. The Hall–Kier alpha value is -2.12. The van der Waals surface area contributed by atoms with E-state index in [0.29, 0.717) is 39.3 Å². The Balaban J connectivity index is 1.53. The van der Waals surface area contributed by atoms with Crippen LogP contribution in [0.4, 0.5) is 4.39 Å². The zero-order chi connectivity index (χ0) is 23.1. The Kier molecular flexibility index (Phi) is 8.54. The van der Waals surface area contributed by atoms with Crippen molar-refractivity contribution in [1.82, 2.24) is 19.8 Å². The molecular weight excluding hydrogens is 443 g/mol.